The van der Waals surface area contributed by atoms with Crippen molar-refractivity contribution >= 4 is 27.3 Å². The van der Waals surface area contributed by atoms with Gasteiger partial charge < -0.3 is 4.90 Å². The number of sulfonamides is 1. The van der Waals surface area contributed by atoms with Crippen molar-refractivity contribution in [1.82, 2.24) is 4.90 Å². The van der Waals surface area contributed by atoms with E-state index in [2.05, 4.69) is 10.8 Å². The lowest BCUT2D eigenvalue weighted by Crippen LogP contribution is -2.31. The number of nitrogens with zero attached hydrogens (tertiary/aromatic N) is 3. The molecule has 0 aliphatic carbocycles. The Morgan fingerprint density at radius 2 is 1.74 bits per heavy atom. The maximum atomic E-state index is 13.1. The van der Waals surface area contributed by atoms with Gasteiger partial charge >= 0.3 is 0 Å². The van der Waals surface area contributed by atoms with Crippen molar-refractivity contribution in [2.75, 3.05) is 11.3 Å². The molecule has 0 bridgehead atoms. The predicted molar refractivity (Wildman–Crippen MR) is 131 cm³/mol. The van der Waals surface area contributed by atoms with Crippen molar-refractivity contribution in [3.8, 4) is 6.07 Å². The summed E-state index contributed by atoms with van der Waals surface area (Å²) in [5.41, 5.74) is 2.12. The highest BCUT2D eigenvalue weighted by Gasteiger charge is 2.21. The first-order valence-corrected chi connectivity index (χ1v) is 12.3. The van der Waals surface area contributed by atoms with E-state index in [1.165, 1.54) is 43.3 Å². The summed E-state index contributed by atoms with van der Waals surface area (Å²) >= 11 is 0. The summed E-state index contributed by atoms with van der Waals surface area (Å²) in [6, 6.07) is 18.8. The number of amides is 1. The SMILES string of the molecule is CCCN(Cc1ccc(C#N)cc1)C(=O)c1ccc(NS(=O)(=O)c2ccc(C)c([N+](=O)[O-])c2)cc1. The Morgan fingerprint density at radius 3 is 2.31 bits per heavy atom. The molecule has 0 aromatic heterocycles. The van der Waals surface area contributed by atoms with E-state index in [0.717, 1.165) is 18.1 Å². The molecule has 9 nitrogen and oxygen atoms in total. The van der Waals surface area contributed by atoms with Gasteiger partial charge in [0, 0.05) is 36.0 Å². The van der Waals surface area contributed by atoms with Crippen LogP contribution in [0.4, 0.5) is 11.4 Å². The van der Waals surface area contributed by atoms with Crippen LogP contribution in [0, 0.1) is 28.4 Å². The molecule has 180 valence electrons. The van der Waals surface area contributed by atoms with E-state index in [4.69, 9.17) is 5.26 Å². The normalized spacial score (nSPS) is 10.9. The van der Waals surface area contributed by atoms with Crippen LogP contribution >= 0.6 is 0 Å². The van der Waals surface area contributed by atoms with Crippen molar-refractivity contribution in [2.45, 2.75) is 31.7 Å². The lowest BCUT2D eigenvalue weighted by molar-refractivity contribution is -0.385. The molecule has 35 heavy (non-hydrogen) atoms. The first kappa shape index (κ1) is 25.4. The fourth-order valence-electron chi connectivity index (χ4n) is 3.46. The third-order valence-electron chi connectivity index (χ3n) is 5.31. The number of nitrogens with one attached hydrogen (secondary N) is 1. The van der Waals surface area contributed by atoms with Crippen molar-refractivity contribution in [2.24, 2.45) is 0 Å². The van der Waals surface area contributed by atoms with E-state index >= 15 is 0 Å². The molecule has 0 aliphatic rings. The molecular formula is C25H24N4O5S. The molecule has 0 aliphatic heterocycles. The molecule has 3 rings (SSSR count). The van der Waals surface area contributed by atoms with Gasteiger partial charge in [0.2, 0.25) is 0 Å². The summed E-state index contributed by atoms with van der Waals surface area (Å²) in [7, 11) is -4.06. The van der Waals surface area contributed by atoms with Crippen molar-refractivity contribution in [1.29, 1.82) is 5.26 Å². The highest BCUT2D eigenvalue weighted by Crippen LogP contribution is 2.24. The van der Waals surface area contributed by atoms with Crippen LogP contribution in [0.15, 0.2) is 71.6 Å². The minimum atomic E-state index is -4.06. The molecule has 3 aromatic carbocycles. The molecule has 0 atom stereocenters. The fourth-order valence-corrected chi connectivity index (χ4v) is 4.54. The molecule has 0 saturated heterocycles. The molecule has 0 fully saturated rings. The van der Waals surface area contributed by atoms with Crippen LogP contribution in [0.1, 0.15) is 40.4 Å². The molecule has 0 heterocycles. The number of hydrogen-bond acceptors (Lipinski definition) is 6. The van der Waals surface area contributed by atoms with Gasteiger partial charge in [-0.25, -0.2) is 8.42 Å². The van der Waals surface area contributed by atoms with Crippen LogP contribution in [0.25, 0.3) is 0 Å². The maximum absolute atomic E-state index is 13.1. The predicted octanol–water partition coefficient (Wildman–Crippen LogP) is 4.63. The highest BCUT2D eigenvalue weighted by atomic mass is 32.2. The second kappa shape index (κ2) is 10.8. The maximum Gasteiger partial charge on any atom is 0.273 e. The van der Waals surface area contributed by atoms with Gasteiger partial charge in [-0.1, -0.05) is 25.1 Å². The molecule has 1 amide bonds. The summed E-state index contributed by atoms with van der Waals surface area (Å²) in [5, 5.41) is 20.1. The van der Waals surface area contributed by atoms with Gasteiger partial charge in [-0.2, -0.15) is 5.26 Å². The highest BCUT2D eigenvalue weighted by molar-refractivity contribution is 7.92. The van der Waals surface area contributed by atoms with E-state index in [-0.39, 0.29) is 22.2 Å². The molecule has 0 radical (unpaired) electrons. The number of nitriles is 1. The van der Waals surface area contributed by atoms with Crippen molar-refractivity contribution < 1.29 is 18.1 Å². The molecule has 10 heteroatoms. The first-order chi connectivity index (χ1) is 16.6. The molecule has 3 aromatic rings. The van der Waals surface area contributed by atoms with Gasteiger partial charge in [-0.3, -0.25) is 19.6 Å². The Kier molecular flexibility index (Phi) is 7.83. The summed E-state index contributed by atoms with van der Waals surface area (Å²) in [4.78, 5) is 25.1. The second-order valence-electron chi connectivity index (χ2n) is 7.92. The second-order valence-corrected chi connectivity index (χ2v) is 9.61. The van der Waals surface area contributed by atoms with E-state index in [1.807, 2.05) is 19.1 Å². The lowest BCUT2D eigenvalue weighted by atomic mass is 10.1. The van der Waals surface area contributed by atoms with Gasteiger partial charge in [0.25, 0.3) is 21.6 Å². The lowest BCUT2D eigenvalue weighted by Gasteiger charge is -2.22. The van der Waals surface area contributed by atoms with Crippen molar-refractivity contribution in [3.63, 3.8) is 0 Å². The average molecular weight is 493 g/mol. The van der Waals surface area contributed by atoms with Crippen LogP contribution in [0.5, 0.6) is 0 Å². The molecular weight excluding hydrogens is 468 g/mol. The third kappa shape index (κ3) is 6.22. The van der Waals surface area contributed by atoms with E-state index < -0.39 is 14.9 Å². The Balaban J connectivity index is 1.76. The van der Waals surface area contributed by atoms with Gasteiger partial charge in [0.1, 0.15) is 0 Å². The number of aryl methyl sites for hydroxylation is 1. The monoisotopic (exact) mass is 492 g/mol. The number of rotatable bonds is 9. The number of hydrogen-bond donors (Lipinski definition) is 1. The van der Waals surface area contributed by atoms with Crippen LogP contribution in [-0.2, 0) is 16.6 Å². The van der Waals surface area contributed by atoms with Crippen LogP contribution in [-0.4, -0.2) is 30.7 Å². The summed E-state index contributed by atoms with van der Waals surface area (Å²) in [6.45, 7) is 4.39. The smallest absolute Gasteiger partial charge is 0.273 e. The zero-order valence-corrected chi connectivity index (χ0v) is 20.1. The number of nitro benzene ring substituents is 1. The topological polar surface area (TPSA) is 133 Å². The Morgan fingerprint density at radius 1 is 1.09 bits per heavy atom. The van der Waals surface area contributed by atoms with Crippen LogP contribution < -0.4 is 4.72 Å². The zero-order chi connectivity index (χ0) is 25.6. The molecule has 0 unspecified atom stereocenters. The van der Waals surface area contributed by atoms with E-state index in [0.29, 0.717) is 29.8 Å². The molecule has 1 N–H and O–H groups in total. The van der Waals surface area contributed by atoms with Crippen LogP contribution in [0.2, 0.25) is 0 Å². The minimum Gasteiger partial charge on any atom is -0.334 e. The average Bonchev–Trinajstić information content (AvgIpc) is 2.84. The first-order valence-electron chi connectivity index (χ1n) is 10.8. The van der Waals surface area contributed by atoms with Crippen molar-refractivity contribution in [3.05, 3.63) is 99.1 Å². The fraction of sp³-hybridized carbons (Fsp3) is 0.200. The van der Waals surface area contributed by atoms with E-state index in [9.17, 15) is 23.3 Å². The van der Waals surface area contributed by atoms with E-state index in [1.54, 1.807) is 17.0 Å². The number of anilines is 1. The minimum absolute atomic E-state index is 0.209. The summed E-state index contributed by atoms with van der Waals surface area (Å²) < 4.78 is 27.8. The number of benzene rings is 3. The van der Waals surface area contributed by atoms with Crippen LogP contribution in [0.3, 0.4) is 0 Å². The summed E-state index contributed by atoms with van der Waals surface area (Å²) in [6.07, 6.45) is 0.753. The Labute approximate surface area is 203 Å². The number of carbonyl (C=O) groups excluding carboxylic acids is 1. The largest absolute Gasteiger partial charge is 0.334 e. The Bertz CT molecular complexity index is 1380. The van der Waals surface area contributed by atoms with Gasteiger partial charge in [-0.05, 0) is 61.4 Å². The third-order valence-corrected chi connectivity index (χ3v) is 6.69. The number of carbonyl (C=O) groups is 1. The summed E-state index contributed by atoms with van der Waals surface area (Å²) in [5.74, 6) is -0.209. The quantitative estimate of drug-likeness (QED) is 0.342. The van der Waals surface area contributed by atoms with Gasteiger partial charge in [0.15, 0.2) is 0 Å². The molecule has 0 saturated carbocycles. The zero-order valence-electron chi connectivity index (χ0n) is 19.3. The number of nitro groups is 1. The molecule has 0 spiro atoms. The standard InChI is InChI=1S/C25H24N4O5S/c1-3-14-28(17-20-7-5-19(16-26)6-8-20)25(30)21-9-11-22(12-10-21)27-35(33,34)23-13-4-18(2)24(15-23)29(31)32/h4-13,15,27H,3,14,17H2,1-2H3. The van der Waals surface area contributed by atoms with Gasteiger partial charge in [0.05, 0.1) is 21.5 Å². The Hall–Kier alpha value is -4.23. The van der Waals surface area contributed by atoms with Gasteiger partial charge in [-0.15, -0.1) is 0 Å².